The normalized spacial score (nSPS) is 10.8. The van der Waals surface area contributed by atoms with Crippen LogP contribution in [0.25, 0.3) is 15.9 Å². The van der Waals surface area contributed by atoms with Crippen LogP contribution in [0.1, 0.15) is 0 Å². The van der Waals surface area contributed by atoms with Crippen molar-refractivity contribution >= 4 is 22.2 Å². The van der Waals surface area contributed by atoms with E-state index in [9.17, 15) is 4.79 Å². The van der Waals surface area contributed by atoms with E-state index in [1.807, 2.05) is 30.3 Å². The van der Waals surface area contributed by atoms with Crippen molar-refractivity contribution in [3.05, 3.63) is 58.5 Å². The zero-order valence-corrected chi connectivity index (χ0v) is 9.15. The van der Waals surface area contributed by atoms with Crippen molar-refractivity contribution in [1.82, 2.24) is 9.55 Å². The van der Waals surface area contributed by atoms with Crippen molar-refractivity contribution in [2.45, 2.75) is 0 Å². The lowest BCUT2D eigenvalue weighted by Crippen LogP contribution is -2.16. The van der Waals surface area contributed by atoms with Crippen LogP contribution in [0.15, 0.2) is 52.9 Å². The van der Waals surface area contributed by atoms with Gasteiger partial charge in [-0.15, -0.1) is 11.3 Å². The molecule has 0 saturated heterocycles. The van der Waals surface area contributed by atoms with E-state index in [1.54, 1.807) is 22.3 Å². The standard InChI is InChI=1S/C12H8N2OS/c15-11-6-5-9-3-1-2-4-10(9)14(11)12-7-13-8-16-12/h1-8H. The number of hydrogen-bond donors (Lipinski definition) is 0. The van der Waals surface area contributed by atoms with Gasteiger partial charge < -0.3 is 0 Å². The number of para-hydroxylation sites is 1. The average Bonchev–Trinajstić information content (AvgIpc) is 2.82. The predicted molar refractivity (Wildman–Crippen MR) is 65.2 cm³/mol. The Hall–Kier alpha value is -1.94. The number of rotatable bonds is 1. The Bertz CT molecular complexity index is 686. The molecule has 0 radical (unpaired) electrons. The smallest absolute Gasteiger partial charge is 0.256 e. The molecule has 2 aromatic heterocycles. The van der Waals surface area contributed by atoms with Crippen molar-refractivity contribution in [2.75, 3.05) is 0 Å². The molecule has 0 N–H and O–H groups in total. The van der Waals surface area contributed by atoms with Crippen molar-refractivity contribution in [1.29, 1.82) is 0 Å². The number of aromatic nitrogens is 2. The molecule has 0 bridgehead atoms. The average molecular weight is 228 g/mol. The maximum Gasteiger partial charge on any atom is 0.256 e. The van der Waals surface area contributed by atoms with Gasteiger partial charge in [0.1, 0.15) is 5.00 Å². The van der Waals surface area contributed by atoms with E-state index in [1.165, 1.54) is 11.3 Å². The van der Waals surface area contributed by atoms with Gasteiger partial charge in [0.2, 0.25) is 0 Å². The maximum absolute atomic E-state index is 11.9. The lowest BCUT2D eigenvalue weighted by molar-refractivity contribution is 1.06. The second-order valence-corrected chi connectivity index (χ2v) is 4.27. The monoisotopic (exact) mass is 228 g/mol. The Morgan fingerprint density at radius 1 is 1.12 bits per heavy atom. The van der Waals surface area contributed by atoms with Crippen LogP contribution in [0.4, 0.5) is 0 Å². The third-order valence-electron chi connectivity index (χ3n) is 2.44. The lowest BCUT2D eigenvalue weighted by Gasteiger charge is -2.06. The molecule has 4 heteroatoms. The minimum absolute atomic E-state index is 0.0250. The van der Waals surface area contributed by atoms with Crippen molar-refractivity contribution in [3.63, 3.8) is 0 Å². The summed E-state index contributed by atoms with van der Waals surface area (Å²) >= 11 is 1.46. The van der Waals surface area contributed by atoms with Crippen LogP contribution in [0.2, 0.25) is 0 Å². The first kappa shape index (κ1) is 9.30. The second kappa shape index (κ2) is 3.57. The molecular weight excluding hydrogens is 220 g/mol. The molecule has 0 saturated carbocycles. The molecule has 0 aliphatic rings. The summed E-state index contributed by atoms with van der Waals surface area (Å²) in [5.41, 5.74) is 2.62. The molecule has 0 amide bonds. The SMILES string of the molecule is O=c1ccc2ccccc2n1-c1cncs1. The fraction of sp³-hybridized carbons (Fsp3) is 0. The summed E-state index contributed by atoms with van der Waals surface area (Å²) < 4.78 is 1.69. The Morgan fingerprint density at radius 3 is 2.81 bits per heavy atom. The van der Waals surface area contributed by atoms with Crippen LogP contribution in [-0.2, 0) is 0 Å². The number of fused-ring (bicyclic) bond motifs is 1. The van der Waals surface area contributed by atoms with Gasteiger partial charge in [0.15, 0.2) is 0 Å². The van der Waals surface area contributed by atoms with Gasteiger partial charge in [-0.2, -0.15) is 0 Å². The number of pyridine rings is 1. The van der Waals surface area contributed by atoms with Crippen LogP contribution in [0.5, 0.6) is 0 Å². The van der Waals surface area contributed by atoms with Crippen LogP contribution < -0.4 is 5.56 Å². The first-order valence-corrected chi connectivity index (χ1v) is 5.74. The van der Waals surface area contributed by atoms with E-state index in [0.717, 1.165) is 15.9 Å². The molecule has 2 heterocycles. The fourth-order valence-electron chi connectivity index (χ4n) is 1.73. The Balaban J connectivity index is 2.47. The van der Waals surface area contributed by atoms with Crippen molar-refractivity contribution in [3.8, 4) is 5.00 Å². The third-order valence-corrected chi connectivity index (χ3v) is 3.20. The summed E-state index contributed by atoms with van der Waals surface area (Å²) in [6, 6.07) is 11.3. The highest BCUT2D eigenvalue weighted by Crippen LogP contribution is 2.18. The van der Waals surface area contributed by atoms with Crippen LogP contribution in [0.3, 0.4) is 0 Å². The quantitative estimate of drug-likeness (QED) is 0.641. The Kier molecular flexibility index (Phi) is 2.08. The molecule has 3 rings (SSSR count). The molecule has 0 fully saturated rings. The van der Waals surface area contributed by atoms with Crippen LogP contribution in [-0.4, -0.2) is 9.55 Å². The van der Waals surface area contributed by atoms with Crippen molar-refractivity contribution in [2.24, 2.45) is 0 Å². The highest BCUT2D eigenvalue weighted by atomic mass is 32.1. The molecule has 0 unspecified atom stereocenters. The molecule has 0 atom stereocenters. The molecule has 3 aromatic rings. The molecule has 0 aliphatic carbocycles. The first-order valence-electron chi connectivity index (χ1n) is 4.86. The zero-order chi connectivity index (χ0) is 11.0. The lowest BCUT2D eigenvalue weighted by atomic mass is 10.2. The molecule has 78 valence electrons. The van der Waals surface area contributed by atoms with Gasteiger partial charge in [-0.25, -0.2) is 0 Å². The Labute approximate surface area is 95.6 Å². The number of benzene rings is 1. The molecule has 0 spiro atoms. The van der Waals surface area contributed by atoms with E-state index in [4.69, 9.17) is 0 Å². The molecule has 0 aliphatic heterocycles. The van der Waals surface area contributed by atoms with Crippen molar-refractivity contribution < 1.29 is 0 Å². The van der Waals surface area contributed by atoms with Gasteiger partial charge >= 0.3 is 0 Å². The minimum atomic E-state index is -0.0250. The van der Waals surface area contributed by atoms with Gasteiger partial charge in [-0.3, -0.25) is 14.3 Å². The van der Waals surface area contributed by atoms with E-state index in [0.29, 0.717) is 0 Å². The minimum Gasteiger partial charge on any atom is -0.269 e. The van der Waals surface area contributed by atoms with E-state index in [-0.39, 0.29) is 5.56 Å². The molecule has 3 nitrogen and oxygen atoms in total. The number of hydrogen-bond acceptors (Lipinski definition) is 3. The van der Waals surface area contributed by atoms with E-state index in [2.05, 4.69) is 4.98 Å². The summed E-state index contributed by atoms with van der Waals surface area (Å²) in [6.45, 7) is 0. The summed E-state index contributed by atoms with van der Waals surface area (Å²) in [6.07, 6.45) is 1.71. The molecular formula is C12H8N2OS. The highest BCUT2D eigenvalue weighted by molar-refractivity contribution is 7.12. The first-order chi connectivity index (χ1) is 7.86. The summed E-state index contributed by atoms with van der Waals surface area (Å²) in [5.74, 6) is 0. The van der Waals surface area contributed by atoms with E-state index >= 15 is 0 Å². The summed E-state index contributed by atoms with van der Waals surface area (Å²) in [4.78, 5) is 15.9. The maximum atomic E-state index is 11.9. The van der Waals surface area contributed by atoms with Crippen LogP contribution >= 0.6 is 11.3 Å². The second-order valence-electron chi connectivity index (χ2n) is 3.41. The van der Waals surface area contributed by atoms with E-state index < -0.39 is 0 Å². The predicted octanol–water partition coefficient (Wildman–Crippen LogP) is 2.45. The van der Waals surface area contributed by atoms with Gasteiger partial charge in [0, 0.05) is 6.07 Å². The number of thiazole rings is 1. The number of nitrogens with zero attached hydrogens (tertiary/aromatic N) is 2. The zero-order valence-electron chi connectivity index (χ0n) is 8.33. The van der Waals surface area contributed by atoms with Gasteiger partial charge in [0.05, 0.1) is 17.2 Å². The van der Waals surface area contributed by atoms with Gasteiger partial charge in [-0.05, 0) is 17.5 Å². The highest BCUT2D eigenvalue weighted by Gasteiger charge is 2.05. The summed E-state index contributed by atoms with van der Waals surface area (Å²) in [5, 5.41) is 1.90. The molecule has 16 heavy (non-hydrogen) atoms. The topological polar surface area (TPSA) is 34.9 Å². The van der Waals surface area contributed by atoms with Gasteiger partial charge in [-0.1, -0.05) is 18.2 Å². The summed E-state index contributed by atoms with van der Waals surface area (Å²) in [7, 11) is 0. The largest absolute Gasteiger partial charge is 0.269 e. The van der Waals surface area contributed by atoms with Gasteiger partial charge in [0.25, 0.3) is 5.56 Å². The third kappa shape index (κ3) is 1.35. The fourth-order valence-corrected chi connectivity index (χ4v) is 2.38. The molecule has 1 aromatic carbocycles. The van der Waals surface area contributed by atoms with Crippen LogP contribution in [0, 0.1) is 0 Å². The Morgan fingerprint density at radius 2 is 2.00 bits per heavy atom.